The van der Waals surface area contributed by atoms with E-state index in [0.29, 0.717) is 57.7 Å². The van der Waals surface area contributed by atoms with Crippen molar-refractivity contribution in [1.82, 2.24) is 14.7 Å². The zero-order valence-corrected chi connectivity index (χ0v) is 17.1. The van der Waals surface area contributed by atoms with Gasteiger partial charge in [0.05, 0.1) is 6.61 Å². The van der Waals surface area contributed by atoms with Crippen LogP contribution in [0.25, 0.3) is 0 Å². The highest BCUT2D eigenvalue weighted by Gasteiger charge is 2.35. The van der Waals surface area contributed by atoms with Gasteiger partial charge in [0, 0.05) is 50.2 Å². The van der Waals surface area contributed by atoms with Crippen molar-refractivity contribution in [2.45, 2.75) is 31.7 Å². The fraction of sp³-hybridized carbons (Fsp3) is 0.591. The Morgan fingerprint density at radius 2 is 1.53 bits per heavy atom. The van der Waals surface area contributed by atoms with Gasteiger partial charge < -0.3 is 19.4 Å². The quantitative estimate of drug-likeness (QED) is 0.748. The molecule has 3 amide bonds. The van der Waals surface area contributed by atoms with Crippen LogP contribution in [-0.4, -0.2) is 84.4 Å². The van der Waals surface area contributed by atoms with Crippen molar-refractivity contribution in [2.24, 2.45) is 5.92 Å². The molecule has 30 heavy (non-hydrogen) atoms. The molecule has 0 atom stereocenters. The molecule has 8 heteroatoms. The molecule has 3 aliphatic rings. The van der Waals surface area contributed by atoms with Gasteiger partial charge in [0.2, 0.25) is 11.8 Å². The second-order valence-electron chi connectivity index (χ2n) is 8.27. The summed E-state index contributed by atoms with van der Waals surface area (Å²) >= 11 is 0. The van der Waals surface area contributed by atoms with Crippen LogP contribution in [0.2, 0.25) is 0 Å². The Labute approximate surface area is 175 Å². The predicted octanol–water partition coefficient (Wildman–Crippen LogP) is 1.53. The average molecular weight is 417 g/mol. The number of amides is 3. The fourth-order valence-corrected chi connectivity index (χ4v) is 4.68. The number of likely N-dealkylation sites (tertiary alicyclic amines) is 2. The summed E-state index contributed by atoms with van der Waals surface area (Å²) in [6.07, 6.45) is 2.90. The van der Waals surface area contributed by atoms with E-state index < -0.39 is 0 Å². The largest absolute Gasteiger partial charge is 0.370 e. The van der Waals surface area contributed by atoms with Crippen LogP contribution in [0.3, 0.4) is 0 Å². The smallest absolute Gasteiger partial charge is 0.253 e. The number of rotatable bonds is 3. The number of carbonyl (C=O) groups excluding carboxylic acids is 3. The van der Waals surface area contributed by atoms with Gasteiger partial charge >= 0.3 is 0 Å². The number of hydrogen-bond donors (Lipinski definition) is 0. The molecule has 3 aliphatic heterocycles. The lowest BCUT2D eigenvalue weighted by atomic mass is 9.93. The van der Waals surface area contributed by atoms with Gasteiger partial charge in [-0.25, -0.2) is 4.39 Å². The van der Waals surface area contributed by atoms with E-state index in [-0.39, 0.29) is 42.1 Å². The standard InChI is InChI=1S/C22H28FN3O4/c23-18-3-1-16(2-4-18)21(28)24-9-5-17(6-10-24)22(29)25-11-7-19(8-12-25)26-13-14-30-15-20(26)27/h1-4,17,19H,5-15H2. The monoisotopic (exact) mass is 417 g/mol. The Morgan fingerprint density at radius 1 is 0.900 bits per heavy atom. The minimum atomic E-state index is -0.363. The first-order chi connectivity index (χ1) is 14.5. The molecular formula is C22H28FN3O4. The Kier molecular flexibility index (Phi) is 6.32. The number of halogens is 1. The van der Waals surface area contributed by atoms with E-state index in [1.54, 1.807) is 4.90 Å². The zero-order valence-electron chi connectivity index (χ0n) is 17.1. The first kappa shape index (κ1) is 20.8. The van der Waals surface area contributed by atoms with Gasteiger partial charge in [-0.1, -0.05) is 0 Å². The van der Waals surface area contributed by atoms with Crippen LogP contribution in [-0.2, 0) is 14.3 Å². The zero-order chi connectivity index (χ0) is 21.1. The van der Waals surface area contributed by atoms with Crippen LogP contribution in [0.15, 0.2) is 24.3 Å². The maximum Gasteiger partial charge on any atom is 0.253 e. The number of benzene rings is 1. The highest BCUT2D eigenvalue weighted by atomic mass is 19.1. The van der Waals surface area contributed by atoms with E-state index in [1.165, 1.54) is 24.3 Å². The predicted molar refractivity (Wildman–Crippen MR) is 107 cm³/mol. The molecule has 0 aromatic heterocycles. The second-order valence-corrected chi connectivity index (χ2v) is 8.27. The first-order valence-electron chi connectivity index (χ1n) is 10.7. The van der Waals surface area contributed by atoms with Crippen molar-refractivity contribution >= 4 is 17.7 Å². The molecule has 0 aliphatic carbocycles. The van der Waals surface area contributed by atoms with Crippen LogP contribution in [0.4, 0.5) is 4.39 Å². The van der Waals surface area contributed by atoms with Gasteiger partial charge in [-0.05, 0) is 49.9 Å². The summed E-state index contributed by atoms with van der Waals surface area (Å²) < 4.78 is 18.3. The van der Waals surface area contributed by atoms with Gasteiger partial charge in [0.1, 0.15) is 12.4 Å². The first-order valence-corrected chi connectivity index (χ1v) is 10.7. The Bertz CT molecular complexity index is 784. The lowest BCUT2D eigenvalue weighted by Gasteiger charge is -2.41. The Balaban J connectivity index is 1.25. The van der Waals surface area contributed by atoms with Crippen molar-refractivity contribution in [3.8, 4) is 0 Å². The summed E-state index contributed by atoms with van der Waals surface area (Å²) in [5, 5.41) is 0. The van der Waals surface area contributed by atoms with Crippen LogP contribution in [0, 0.1) is 11.7 Å². The van der Waals surface area contributed by atoms with Crippen molar-refractivity contribution in [3.63, 3.8) is 0 Å². The van der Waals surface area contributed by atoms with Crippen molar-refractivity contribution in [3.05, 3.63) is 35.6 Å². The maximum atomic E-state index is 13.1. The highest BCUT2D eigenvalue weighted by Crippen LogP contribution is 2.25. The Hall–Kier alpha value is -2.48. The number of morpholine rings is 1. The van der Waals surface area contributed by atoms with E-state index in [0.717, 1.165) is 12.8 Å². The molecule has 3 heterocycles. The second kappa shape index (κ2) is 9.12. The van der Waals surface area contributed by atoms with E-state index in [9.17, 15) is 18.8 Å². The minimum Gasteiger partial charge on any atom is -0.370 e. The molecule has 1 aromatic carbocycles. The number of piperidine rings is 2. The van der Waals surface area contributed by atoms with Gasteiger partial charge in [-0.15, -0.1) is 0 Å². The molecule has 1 aromatic rings. The highest BCUT2D eigenvalue weighted by molar-refractivity contribution is 5.94. The number of hydrogen-bond acceptors (Lipinski definition) is 4. The molecule has 7 nitrogen and oxygen atoms in total. The fourth-order valence-electron chi connectivity index (χ4n) is 4.68. The molecule has 3 fully saturated rings. The van der Waals surface area contributed by atoms with Crippen molar-refractivity contribution in [2.75, 3.05) is 45.9 Å². The third-order valence-electron chi connectivity index (χ3n) is 6.46. The molecule has 4 rings (SSSR count). The van der Waals surface area contributed by atoms with Gasteiger partial charge in [-0.3, -0.25) is 14.4 Å². The summed E-state index contributed by atoms with van der Waals surface area (Å²) in [6.45, 7) is 3.79. The van der Waals surface area contributed by atoms with Crippen LogP contribution in [0.1, 0.15) is 36.0 Å². The lowest BCUT2D eigenvalue weighted by Crippen LogP contribution is -2.53. The average Bonchev–Trinajstić information content (AvgIpc) is 2.79. The summed E-state index contributed by atoms with van der Waals surface area (Å²) in [5.74, 6) is -0.335. The molecule has 162 valence electrons. The van der Waals surface area contributed by atoms with Crippen molar-refractivity contribution in [1.29, 1.82) is 0 Å². The van der Waals surface area contributed by atoms with E-state index in [1.807, 2.05) is 9.80 Å². The SMILES string of the molecule is O=C(c1ccc(F)cc1)N1CCC(C(=O)N2CCC(N3CCOCC3=O)CC2)CC1. The summed E-state index contributed by atoms with van der Waals surface area (Å²) in [6, 6.07) is 5.77. The van der Waals surface area contributed by atoms with E-state index in [2.05, 4.69) is 0 Å². The van der Waals surface area contributed by atoms with Crippen LogP contribution >= 0.6 is 0 Å². The normalized spacial score (nSPS) is 21.8. The molecule has 0 unspecified atom stereocenters. The third-order valence-corrected chi connectivity index (χ3v) is 6.46. The lowest BCUT2D eigenvalue weighted by molar-refractivity contribution is -0.148. The number of ether oxygens (including phenoxy) is 1. The van der Waals surface area contributed by atoms with Gasteiger partial charge in [0.25, 0.3) is 5.91 Å². The van der Waals surface area contributed by atoms with E-state index >= 15 is 0 Å². The minimum absolute atomic E-state index is 0.0456. The third kappa shape index (κ3) is 4.48. The molecule has 0 saturated carbocycles. The number of nitrogens with zero attached hydrogens (tertiary/aromatic N) is 3. The van der Waals surface area contributed by atoms with Gasteiger partial charge in [-0.2, -0.15) is 0 Å². The molecule has 3 saturated heterocycles. The molecule has 0 bridgehead atoms. The topological polar surface area (TPSA) is 70.2 Å². The maximum absolute atomic E-state index is 13.1. The molecule has 0 spiro atoms. The molecular weight excluding hydrogens is 389 g/mol. The summed E-state index contributed by atoms with van der Waals surface area (Å²) in [5.41, 5.74) is 0.473. The molecule has 0 N–H and O–H groups in total. The van der Waals surface area contributed by atoms with Crippen molar-refractivity contribution < 1.29 is 23.5 Å². The summed E-state index contributed by atoms with van der Waals surface area (Å²) in [7, 11) is 0. The number of carbonyl (C=O) groups is 3. The Morgan fingerprint density at radius 3 is 2.17 bits per heavy atom. The van der Waals surface area contributed by atoms with Crippen LogP contribution < -0.4 is 0 Å². The van der Waals surface area contributed by atoms with E-state index in [4.69, 9.17) is 4.74 Å². The van der Waals surface area contributed by atoms with Gasteiger partial charge in [0.15, 0.2) is 0 Å². The summed E-state index contributed by atoms with van der Waals surface area (Å²) in [4.78, 5) is 43.1. The molecule has 0 radical (unpaired) electrons. The van der Waals surface area contributed by atoms with Crippen LogP contribution in [0.5, 0.6) is 0 Å².